The molecule has 0 aromatic carbocycles. The zero-order valence-electron chi connectivity index (χ0n) is 12.5. The van der Waals surface area contributed by atoms with Gasteiger partial charge in [-0.25, -0.2) is 4.79 Å². The molecule has 1 aliphatic rings. The van der Waals surface area contributed by atoms with Crippen LogP contribution < -0.4 is 5.32 Å². The van der Waals surface area contributed by atoms with E-state index in [4.69, 9.17) is 4.74 Å². The molecule has 0 unspecified atom stereocenters. The first-order valence-electron chi connectivity index (χ1n) is 6.88. The van der Waals surface area contributed by atoms with Crippen LogP contribution in [0.4, 0.5) is 10.6 Å². The second-order valence-corrected chi connectivity index (χ2v) is 6.12. The summed E-state index contributed by atoms with van der Waals surface area (Å²) in [5, 5.41) is 11.4. The van der Waals surface area contributed by atoms with Crippen LogP contribution in [-0.2, 0) is 4.74 Å². The Hall–Kier alpha value is -1.85. The van der Waals surface area contributed by atoms with E-state index in [-0.39, 0.29) is 12.1 Å². The zero-order valence-corrected chi connectivity index (χ0v) is 12.5. The number of hydrogen-bond acceptors (Lipinski definition) is 5. The molecule has 1 fully saturated rings. The quantitative estimate of drug-likeness (QED) is 0.898. The van der Waals surface area contributed by atoms with Gasteiger partial charge in [-0.2, -0.15) is 5.10 Å². The predicted molar refractivity (Wildman–Crippen MR) is 76.6 cm³/mol. The summed E-state index contributed by atoms with van der Waals surface area (Å²) in [5.74, 6) is 0.742. The lowest BCUT2D eigenvalue weighted by atomic mass is 10.2. The molecule has 1 N–H and O–H groups in total. The van der Waals surface area contributed by atoms with E-state index in [2.05, 4.69) is 15.5 Å². The van der Waals surface area contributed by atoms with Crippen molar-refractivity contribution in [1.82, 2.24) is 15.1 Å². The van der Waals surface area contributed by atoms with Crippen molar-refractivity contribution in [3.63, 3.8) is 0 Å². The number of aromatic nitrogens is 2. The van der Waals surface area contributed by atoms with E-state index in [0.717, 1.165) is 17.9 Å². The number of anilines is 1. The van der Waals surface area contributed by atoms with E-state index < -0.39 is 5.60 Å². The third kappa shape index (κ3) is 4.08. The van der Waals surface area contributed by atoms with Crippen LogP contribution >= 0.6 is 0 Å². The van der Waals surface area contributed by atoms with Crippen molar-refractivity contribution < 1.29 is 9.53 Å². The molecule has 20 heavy (non-hydrogen) atoms. The lowest BCUT2D eigenvalue weighted by molar-refractivity contribution is 0.0293. The van der Waals surface area contributed by atoms with Gasteiger partial charge in [0.15, 0.2) is 0 Å². The van der Waals surface area contributed by atoms with Gasteiger partial charge in [0.1, 0.15) is 11.4 Å². The molecule has 0 radical (unpaired) electrons. The molecule has 1 atom stereocenters. The fraction of sp³-hybridized carbons (Fsp3) is 0.643. The van der Waals surface area contributed by atoms with Crippen molar-refractivity contribution in [3.05, 3.63) is 17.8 Å². The Bertz CT molecular complexity index is 467. The van der Waals surface area contributed by atoms with Crippen molar-refractivity contribution in [2.24, 2.45) is 0 Å². The summed E-state index contributed by atoms with van der Waals surface area (Å²) in [6, 6.07) is 4.01. The molecule has 6 heteroatoms. The molecule has 6 nitrogen and oxygen atoms in total. The molecule has 0 spiro atoms. The minimum Gasteiger partial charge on any atom is -0.444 e. The summed E-state index contributed by atoms with van der Waals surface area (Å²) in [6.45, 7) is 8.85. The van der Waals surface area contributed by atoms with Gasteiger partial charge in [-0.3, -0.25) is 0 Å². The maximum Gasteiger partial charge on any atom is 0.410 e. The summed E-state index contributed by atoms with van der Waals surface area (Å²) < 4.78 is 5.37. The maximum absolute atomic E-state index is 12.0. The normalized spacial score (nSPS) is 19.0. The topological polar surface area (TPSA) is 67.4 Å². The fourth-order valence-electron chi connectivity index (χ4n) is 2.06. The Labute approximate surface area is 119 Å². The second kappa shape index (κ2) is 5.64. The van der Waals surface area contributed by atoms with Crippen molar-refractivity contribution in [1.29, 1.82) is 0 Å². The fourth-order valence-corrected chi connectivity index (χ4v) is 2.06. The number of rotatable bonds is 2. The zero-order chi connectivity index (χ0) is 14.8. The molecule has 1 saturated heterocycles. The smallest absolute Gasteiger partial charge is 0.410 e. The van der Waals surface area contributed by atoms with E-state index in [9.17, 15) is 4.79 Å². The van der Waals surface area contributed by atoms with Crippen LogP contribution in [0.15, 0.2) is 12.1 Å². The average Bonchev–Trinajstić information content (AvgIpc) is 2.79. The highest BCUT2D eigenvalue weighted by Crippen LogP contribution is 2.17. The minimum absolute atomic E-state index is 0.194. The van der Waals surface area contributed by atoms with Crippen LogP contribution in [0, 0.1) is 6.92 Å². The highest BCUT2D eigenvalue weighted by Gasteiger charge is 2.29. The van der Waals surface area contributed by atoms with Crippen LogP contribution in [0.5, 0.6) is 0 Å². The first-order valence-corrected chi connectivity index (χ1v) is 6.88. The summed E-state index contributed by atoms with van der Waals surface area (Å²) in [5.41, 5.74) is 0.433. The molecule has 0 bridgehead atoms. The van der Waals surface area contributed by atoms with Crippen molar-refractivity contribution in [2.75, 3.05) is 18.4 Å². The van der Waals surface area contributed by atoms with E-state index in [1.165, 1.54) is 0 Å². The summed E-state index contributed by atoms with van der Waals surface area (Å²) >= 11 is 0. The molecule has 0 saturated carbocycles. The monoisotopic (exact) mass is 278 g/mol. The van der Waals surface area contributed by atoms with Crippen molar-refractivity contribution in [3.8, 4) is 0 Å². The molecule has 1 amide bonds. The van der Waals surface area contributed by atoms with Gasteiger partial charge in [0, 0.05) is 19.1 Å². The minimum atomic E-state index is -0.453. The Balaban J connectivity index is 1.86. The van der Waals surface area contributed by atoms with Gasteiger partial charge in [-0.05, 0) is 46.2 Å². The lowest BCUT2D eigenvalue weighted by Gasteiger charge is -2.24. The van der Waals surface area contributed by atoms with Crippen LogP contribution in [0.25, 0.3) is 0 Å². The number of amides is 1. The van der Waals surface area contributed by atoms with E-state index >= 15 is 0 Å². The van der Waals surface area contributed by atoms with Gasteiger partial charge in [-0.15, -0.1) is 5.10 Å². The van der Waals surface area contributed by atoms with Gasteiger partial charge in [-0.1, -0.05) is 0 Å². The van der Waals surface area contributed by atoms with Gasteiger partial charge in [0.2, 0.25) is 0 Å². The van der Waals surface area contributed by atoms with Crippen molar-refractivity contribution in [2.45, 2.75) is 45.8 Å². The highest BCUT2D eigenvalue weighted by atomic mass is 16.6. The van der Waals surface area contributed by atoms with Crippen LogP contribution in [0.2, 0.25) is 0 Å². The summed E-state index contributed by atoms with van der Waals surface area (Å²) in [7, 11) is 0. The van der Waals surface area contributed by atoms with Crippen molar-refractivity contribution >= 4 is 11.9 Å². The Morgan fingerprint density at radius 3 is 2.75 bits per heavy atom. The van der Waals surface area contributed by atoms with Crippen LogP contribution in [0.1, 0.15) is 32.9 Å². The first-order chi connectivity index (χ1) is 9.33. The molecular formula is C14H22N4O2. The summed E-state index contributed by atoms with van der Waals surface area (Å²) in [4.78, 5) is 13.7. The number of hydrogen-bond donors (Lipinski definition) is 1. The molecule has 1 aromatic rings. The number of ether oxygens (including phenoxy) is 1. The number of nitrogens with zero attached hydrogens (tertiary/aromatic N) is 3. The Morgan fingerprint density at radius 1 is 1.40 bits per heavy atom. The maximum atomic E-state index is 12.0. The van der Waals surface area contributed by atoms with Gasteiger partial charge in [0.25, 0.3) is 0 Å². The second-order valence-electron chi connectivity index (χ2n) is 6.12. The number of aryl methyl sites for hydroxylation is 1. The molecule has 0 aliphatic carbocycles. The number of likely N-dealkylation sites (tertiary alicyclic amines) is 1. The molecule has 1 aromatic heterocycles. The van der Waals surface area contributed by atoms with Crippen LogP contribution in [0.3, 0.4) is 0 Å². The third-order valence-electron chi connectivity index (χ3n) is 2.99. The third-order valence-corrected chi connectivity index (χ3v) is 2.99. The van der Waals surface area contributed by atoms with E-state index in [0.29, 0.717) is 13.1 Å². The average molecular weight is 278 g/mol. The predicted octanol–water partition coefficient (Wildman–Crippen LogP) is 2.21. The molecule has 2 rings (SSSR count). The van der Waals surface area contributed by atoms with E-state index in [1.807, 2.05) is 39.8 Å². The summed E-state index contributed by atoms with van der Waals surface area (Å²) in [6.07, 6.45) is 0.631. The number of nitrogens with one attached hydrogen (secondary N) is 1. The van der Waals surface area contributed by atoms with E-state index in [1.54, 1.807) is 4.90 Å². The standard InChI is InChI=1S/C14H22N4O2/c1-10-5-6-12(17-16-10)15-11-7-8-18(9-11)13(19)20-14(2,3)4/h5-6,11H,7-9H2,1-4H3,(H,15,17)/t11-/m1/s1. The largest absolute Gasteiger partial charge is 0.444 e. The Morgan fingerprint density at radius 2 is 2.15 bits per heavy atom. The Kier molecular flexibility index (Phi) is 4.11. The first kappa shape index (κ1) is 14.6. The van der Waals surface area contributed by atoms with Gasteiger partial charge >= 0.3 is 6.09 Å². The lowest BCUT2D eigenvalue weighted by Crippen LogP contribution is -2.36. The SMILES string of the molecule is Cc1ccc(N[C@@H]2CCN(C(=O)OC(C)(C)C)C2)nn1. The highest BCUT2D eigenvalue weighted by molar-refractivity contribution is 5.68. The number of carbonyl (C=O) groups excluding carboxylic acids is 1. The number of carbonyl (C=O) groups is 1. The van der Waals surface area contributed by atoms with Gasteiger partial charge < -0.3 is 15.0 Å². The van der Waals surface area contributed by atoms with Crippen LogP contribution in [-0.4, -0.2) is 45.9 Å². The molecule has 2 heterocycles. The molecular weight excluding hydrogens is 256 g/mol. The molecule has 1 aliphatic heterocycles. The van der Waals surface area contributed by atoms with Gasteiger partial charge in [0.05, 0.1) is 5.69 Å². The molecule has 110 valence electrons.